The number of urea groups is 1. The van der Waals surface area contributed by atoms with E-state index in [0.29, 0.717) is 11.9 Å². The maximum absolute atomic E-state index is 12.0. The molecule has 0 aromatic carbocycles. The Kier molecular flexibility index (Phi) is 5.36. The van der Waals surface area contributed by atoms with E-state index in [0.717, 1.165) is 37.5 Å². The van der Waals surface area contributed by atoms with Crippen molar-refractivity contribution >= 4 is 17.5 Å². The van der Waals surface area contributed by atoms with Gasteiger partial charge >= 0.3 is 6.03 Å². The van der Waals surface area contributed by atoms with Crippen molar-refractivity contribution in [2.45, 2.75) is 57.9 Å². The molecule has 1 aromatic rings. The molecule has 126 valence electrons. The van der Waals surface area contributed by atoms with Gasteiger partial charge in [0.2, 0.25) is 0 Å². The Morgan fingerprint density at radius 1 is 1.13 bits per heavy atom. The summed E-state index contributed by atoms with van der Waals surface area (Å²) in [5.41, 5.74) is 1.15. The summed E-state index contributed by atoms with van der Waals surface area (Å²) in [5, 5.41) is 5.90. The minimum Gasteiger partial charge on any atom is -0.370 e. The number of carbonyl (C=O) groups is 1. The zero-order chi connectivity index (χ0) is 16.1. The third-order valence-electron chi connectivity index (χ3n) is 5.08. The number of hydrogen-bond acceptors (Lipinski definition) is 3. The molecule has 1 saturated carbocycles. The standard InChI is InChI=1S/C18H28N4O/c1-14-9-11-22(12-10-14)16-7-8-17(19-13-16)21-18(23)20-15-5-3-2-4-6-15/h7-8,13-15H,2-6,9-12H2,1H3,(H2,19,20,21,23). The first-order chi connectivity index (χ1) is 11.2. The highest BCUT2D eigenvalue weighted by Gasteiger charge is 2.17. The Bertz CT molecular complexity index is 502. The van der Waals surface area contributed by atoms with Crippen LogP contribution in [0.1, 0.15) is 51.9 Å². The summed E-state index contributed by atoms with van der Waals surface area (Å²) in [4.78, 5) is 18.8. The summed E-state index contributed by atoms with van der Waals surface area (Å²) < 4.78 is 0. The van der Waals surface area contributed by atoms with Crippen LogP contribution >= 0.6 is 0 Å². The lowest BCUT2D eigenvalue weighted by Crippen LogP contribution is -2.39. The number of nitrogens with one attached hydrogen (secondary N) is 2. The fraction of sp³-hybridized carbons (Fsp3) is 0.667. The van der Waals surface area contributed by atoms with Gasteiger partial charge in [-0.3, -0.25) is 5.32 Å². The van der Waals surface area contributed by atoms with Crippen LogP contribution in [0.4, 0.5) is 16.3 Å². The molecule has 5 nitrogen and oxygen atoms in total. The van der Waals surface area contributed by atoms with Crippen LogP contribution in [0.25, 0.3) is 0 Å². The zero-order valence-corrected chi connectivity index (χ0v) is 14.1. The first kappa shape index (κ1) is 16.1. The molecule has 2 amide bonds. The van der Waals surface area contributed by atoms with Crippen LogP contribution in [0, 0.1) is 5.92 Å². The molecular weight excluding hydrogens is 288 g/mol. The topological polar surface area (TPSA) is 57.3 Å². The Hall–Kier alpha value is -1.78. The number of anilines is 2. The summed E-state index contributed by atoms with van der Waals surface area (Å²) in [6.45, 7) is 4.50. The van der Waals surface area contributed by atoms with Gasteiger partial charge in [-0.1, -0.05) is 26.2 Å². The Morgan fingerprint density at radius 2 is 1.87 bits per heavy atom. The van der Waals surface area contributed by atoms with Crippen LogP contribution in [0.3, 0.4) is 0 Å². The van der Waals surface area contributed by atoms with E-state index in [1.807, 2.05) is 12.3 Å². The molecule has 1 aromatic heterocycles. The third-order valence-corrected chi connectivity index (χ3v) is 5.08. The molecule has 2 fully saturated rings. The normalized spacial score (nSPS) is 20.3. The largest absolute Gasteiger partial charge is 0.370 e. The quantitative estimate of drug-likeness (QED) is 0.892. The molecule has 2 N–H and O–H groups in total. The van der Waals surface area contributed by atoms with Crippen molar-refractivity contribution in [2.75, 3.05) is 23.3 Å². The van der Waals surface area contributed by atoms with Crippen molar-refractivity contribution in [1.29, 1.82) is 0 Å². The molecule has 23 heavy (non-hydrogen) atoms. The number of nitrogens with zero attached hydrogens (tertiary/aromatic N) is 2. The van der Waals surface area contributed by atoms with E-state index in [1.165, 1.54) is 32.1 Å². The van der Waals surface area contributed by atoms with E-state index in [1.54, 1.807) is 0 Å². The van der Waals surface area contributed by atoms with E-state index in [-0.39, 0.29) is 6.03 Å². The number of hydrogen-bond donors (Lipinski definition) is 2. The van der Waals surface area contributed by atoms with Gasteiger partial charge in [0.1, 0.15) is 5.82 Å². The molecule has 3 rings (SSSR count). The average Bonchev–Trinajstić information content (AvgIpc) is 2.57. The van der Waals surface area contributed by atoms with Crippen molar-refractivity contribution in [3.8, 4) is 0 Å². The number of rotatable bonds is 3. The third kappa shape index (κ3) is 4.60. The van der Waals surface area contributed by atoms with Gasteiger partial charge in [-0.25, -0.2) is 9.78 Å². The summed E-state index contributed by atoms with van der Waals surface area (Å²) in [6, 6.07) is 4.13. The molecule has 0 bridgehead atoms. The fourth-order valence-electron chi connectivity index (χ4n) is 3.50. The monoisotopic (exact) mass is 316 g/mol. The average molecular weight is 316 g/mol. The van der Waals surface area contributed by atoms with Crippen LogP contribution in [0.2, 0.25) is 0 Å². The van der Waals surface area contributed by atoms with E-state index in [4.69, 9.17) is 0 Å². The molecule has 1 saturated heterocycles. The second-order valence-corrected chi connectivity index (χ2v) is 7.00. The summed E-state index contributed by atoms with van der Waals surface area (Å²) in [7, 11) is 0. The van der Waals surface area contributed by atoms with Crippen LogP contribution in [-0.2, 0) is 0 Å². The summed E-state index contributed by atoms with van der Waals surface area (Å²) in [6.07, 6.45) is 10.2. The Balaban J connectivity index is 1.49. The first-order valence-electron chi connectivity index (χ1n) is 8.99. The molecule has 0 atom stereocenters. The lowest BCUT2D eigenvalue weighted by molar-refractivity contribution is 0.244. The number of piperidine rings is 1. The minimum atomic E-state index is -0.135. The van der Waals surface area contributed by atoms with Gasteiger partial charge in [-0.15, -0.1) is 0 Å². The van der Waals surface area contributed by atoms with Crippen LogP contribution in [-0.4, -0.2) is 30.1 Å². The van der Waals surface area contributed by atoms with Crippen LogP contribution in [0.5, 0.6) is 0 Å². The zero-order valence-electron chi connectivity index (χ0n) is 14.1. The smallest absolute Gasteiger partial charge is 0.320 e. The maximum atomic E-state index is 12.0. The van der Waals surface area contributed by atoms with Gasteiger partial charge in [0, 0.05) is 19.1 Å². The molecule has 1 aliphatic carbocycles. The van der Waals surface area contributed by atoms with Gasteiger partial charge in [0.15, 0.2) is 0 Å². The Labute approximate surface area is 138 Å². The maximum Gasteiger partial charge on any atom is 0.320 e. The Morgan fingerprint density at radius 3 is 2.52 bits per heavy atom. The van der Waals surface area contributed by atoms with Crippen molar-refractivity contribution in [1.82, 2.24) is 10.3 Å². The van der Waals surface area contributed by atoms with Gasteiger partial charge in [-0.2, -0.15) is 0 Å². The van der Waals surface area contributed by atoms with Crippen molar-refractivity contribution in [3.63, 3.8) is 0 Å². The molecule has 0 radical (unpaired) electrons. The molecule has 0 unspecified atom stereocenters. The number of amides is 2. The molecule has 1 aliphatic heterocycles. The van der Waals surface area contributed by atoms with Gasteiger partial charge in [-0.05, 0) is 43.7 Å². The van der Waals surface area contributed by atoms with Gasteiger partial charge < -0.3 is 10.2 Å². The SMILES string of the molecule is CC1CCN(c2ccc(NC(=O)NC3CCCCC3)nc2)CC1. The van der Waals surface area contributed by atoms with E-state index < -0.39 is 0 Å². The highest BCUT2D eigenvalue weighted by molar-refractivity contribution is 5.88. The van der Waals surface area contributed by atoms with Crippen molar-refractivity contribution in [3.05, 3.63) is 18.3 Å². The van der Waals surface area contributed by atoms with Crippen molar-refractivity contribution in [2.24, 2.45) is 5.92 Å². The highest BCUT2D eigenvalue weighted by atomic mass is 16.2. The van der Waals surface area contributed by atoms with Gasteiger partial charge in [0.25, 0.3) is 0 Å². The van der Waals surface area contributed by atoms with E-state index in [9.17, 15) is 4.79 Å². The van der Waals surface area contributed by atoms with Crippen molar-refractivity contribution < 1.29 is 4.79 Å². The fourth-order valence-corrected chi connectivity index (χ4v) is 3.50. The predicted molar refractivity (Wildman–Crippen MR) is 93.9 cm³/mol. The number of carbonyl (C=O) groups excluding carboxylic acids is 1. The second kappa shape index (κ2) is 7.66. The summed E-state index contributed by atoms with van der Waals surface area (Å²) >= 11 is 0. The molecular formula is C18H28N4O. The first-order valence-corrected chi connectivity index (χ1v) is 8.99. The molecule has 2 heterocycles. The van der Waals surface area contributed by atoms with Crippen LogP contribution in [0.15, 0.2) is 18.3 Å². The number of pyridine rings is 1. The predicted octanol–water partition coefficient (Wildman–Crippen LogP) is 3.77. The van der Waals surface area contributed by atoms with Crippen LogP contribution < -0.4 is 15.5 Å². The molecule has 2 aliphatic rings. The number of aromatic nitrogens is 1. The lowest BCUT2D eigenvalue weighted by atomic mass is 9.96. The van der Waals surface area contributed by atoms with Gasteiger partial charge in [0.05, 0.1) is 11.9 Å². The lowest BCUT2D eigenvalue weighted by Gasteiger charge is -2.31. The minimum absolute atomic E-state index is 0.135. The summed E-state index contributed by atoms with van der Waals surface area (Å²) in [5.74, 6) is 1.44. The second-order valence-electron chi connectivity index (χ2n) is 7.00. The van der Waals surface area contributed by atoms with E-state index in [2.05, 4.69) is 33.5 Å². The van der Waals surface area contributed by atoms with E-state index >= 15 is 0 Å². The highest BCUT2D eigenvalue weighted by Crippen LogP contribution is 2.23. The molecule has 0 spiro atoms. The molecule has 5 heteroatoms.